The van der Waals surface area contributed by atoms with Crippen LogP contribution in [0.3, 0.4) is 0 Å². The average molecular weight is 470 g/mol. The fourth-order valence-corrected chi connectivity index (χ4v) is 4.72. The zero-order valence-corrected chi connectivity index (χ0v) is 20.8. The molecule has 0 spiro atoms. The number of nitrogens with zero attached hydrogens (tertiary/aromatic N) is 3. The SMILES string of the molecule is CCN(CC)CCCOc1ccc(N2C(=O)/C(=C/c3ccc(N(C)C)cc3)SC2=S)cc1. The van der Waals surface area contributed by atoms with Crippen LogP contribution < -0.4 is 14.5 Å². The summed E-state index contributed by atoms with van der Waals surface area (Å²) in [5.41, 5.74) is 2.85. The van der Waals surface area contributed by atoms with Gasteiger partial charge in [0.1, 0.15) is 5.75 Å². The molecule has 0 N–H and O–H groups in total. The summed E-state index contributed by atoms with van der Waals surface area (Å²) in [6.07, 6.45) is 2.88. The number of benzene rings is 2. The zero-order chi connectivity index (χ0) is 23.1. The maximum atomic E-state index is 13.0. The molecule has 0 aromatic heterocycles. The molecule has 2 aromatic rings. The number of hydrogen-bond acceptors (Lipinski definition) is 6. The van der Waals surface area contributed by atoms with Gasteiger partial charge in [-0.25, -0.2) is 0 Å². The summed E-state index contributed by atoms with van der Waals surface area (Å²) < 4.78 is 6.40. The maximum Gasteiger partial charge on any atom is 0.270 e. The Morgan fingerprint density at radius 3 is 2.28 bits per heavy atom. The van der Waals surface area contributed by atoms with Crippen LogP contribution in [0.1, 0.15) is 25.8 Å². The molecule has 32 heavy (non-hydrogen) atoms. The predicted octanol–water partition coefficient (Wildman–Crippen LogP) is 5.27. The van der Waals surface area contributed by atoms with E-state index < -0.39 is 0 Å². The van der Waals surface area contributed by atoms with Crippen LogP contribution in [0.15, 0.2) is 53.4 Å². The van der Waals surface area contributed by atoms with Crippen molar-refractivity contribution in [1.82, 2.24) is 4.90 Å². The number of rotatable bonds is 10. The molecule has 7 heteroatoms. The van der Waals surface area contributed by atoms with E-state index in [1.54, 1.807) is 4.90 Å². The molecule has 0 atom stereocenters. The lowest BCUT2D eigenvalue weighted by Gasteiger charge is -2.18. The highest BCUT2D eigenvalue weighted by Crippen LogP contribution is 2.36. The summed E-state index contributed by atoms with van der Waals surface area (Å²) in [4.78, 5) is 19.7. The van der Waals surface area contributed by atoms with Crippen molar-refractivity contribution in [2.24, 2.45) is 0 Å². The second-order valence-corrected chi connectivity index (χ2v) is 9.40. The lowest BCUT2D eigenvalue weighted by Crippen LogP contribution is -2.27. The molecule has 170 valence electrons. The van der Waals surface area contributed by atoms with Gasteiger partial charge in [0.2, 0.25) is 0 Å². The van der Waals surface area contributed by atoms with E-state index in [1.807, 2.05) is 73.6 Å². The van der Waals surface area contributed by atoms with Crippen LogP contribution in [0, 0.1) is 0 Å². The Hall–Kier alpha value is -2.35. The van der Waals surface area contributed by atoms with Gasteiger partial charge in [0, 0.05) is 26.3 Å². The van der Waals surface area contributed by atoms with E-state index in [0.717, 1.165) is 48.7 Å². The van der Waals surface area contributed by atoms with E-state index in [4.69, 9.17) is 17.0 Å². The molecule has 1 aliphatic rings. The molecule has 3 rings (SSSR count). The number of hydrogen-bond donors (Lipinski definition) is 0. The molecule has 0 bridgehead atoms. The molecule has 1 aliphatic heterocycles. The summed E-state index contributed by atoms with van der Waals surface area (Å²) in [6.45, 7) is 8.17. The summed E-state index contributed by atoms with van der Waals surface area (Å²) in [6, 6.07) is 15.7. The fourth-order valence-electron chi connectivity index (χ4n) is 3.42. The number of thioether (sulfide) groups is 1. The molecule has 0 saturated carbocycles. The number of carbonyl (C=O) groups excluding carboxylic acids is 1. The predicted molar refractivity (Wildman–Crippen MR) is 141 cm³/mol. The number of anilines is 2. The van der Waals surface area contributed by atoms with Crippen molar-refractivity contribution in [3.63, 3.8) is 0 Å². The second-order valence-electron chi connectivity index (χ2n) is 7.73. The Morgan fingerprint density at radius 1 is 1.03 bits per heavy atom. The fraction of sp³-hybridized carbons (Fsp3) is 0.360. The number of carbonyl (C=O) groups is 1. The van der Waals surface area contributed by atoms with Crippen molar-refractivity contribution >= 4 is 51.7 Å². The molecule has 0 unspecified atom stereocenters. The molecule has 2 aromatic carbocycles. The number of thiocarbonyl (C=S) groups is 1. The van der Waals surface area contributed by atoms with Crippen LogP contribution in [0.2, 0.25) is 0 Å². The molecule has 5 nitrogen and oxygen atoms in total. The van der Waals surface area contributed by atoms with Crippen LogP contribution in [0.25, 0.3) is 6.08 Å². The molecule has 1 saturated heterocycles. The summed E-state index contributed by atoms with van der Waals surface area (Å²) >= 11 is 6.83. The van der Waals surface area contributed by atoms with Gasteiger partial charge in [0.15, 0.2) is 4.32 Å². The van der Waals surface area contributed by atoms with Gasteiger partial charge in [-0.3, -0.25) is 9.69 Å². The van der Waals surface area contributed by atoms with Gasteiger partial charge in [-0.05, 0) is 67.5 Å². The first kappa shape index (κ1) is 24.3. The van der Waals surface area contributed by atoms with E-state index in [1.165, 1.54) is 11.8 Å². The first-order valence-corrected chi connectivity index (χ1v) is 12.2. The largest absolute Gasteiger partial charge is 0.494 e. The Labute approximate surface area is 201 Å². The number of amides is 1. The van der Waals surface area contributed by atoms with Crippen molar-refractivity contribution in [3.05, 3.63) is 59.0 Å². The maximum absolute atomic E-state index is 13.0. The van der Waals surface area contributed by atoms with E-state index >= 15 is 0 Å². The zero-order valence-electron chi connectivity index (χ0n) is 19.2. The van der Waals surface area contributed by atoms with Gasteiger partial charge in [0.05, 0.1) is 17.2 Å². The van der Waals surface area contributed by atoms with Crippen molar-refractivity contribution < 1.29 is 9.53 Å². The van der Waals surface area contributed by atoms with Gasteiger partial charge in [-0.2, -0.15) is 0 Å². The first-order valence-electron chi connectivity index (χ1n) is 10.9. The van der Waals surface area contributed by atoms with Crippen LogP contribution in [0.4, 0.5) is 11.4 Å². The van der Waals surface area contributed by atoms with Gasteiger partial charge < -0.3 is 14.5 Å². The Bertz CT molecular complexity index is 952. The lowest BCUT2D eigenvalue weighted by molar-refractivity contribution is -0.113. The summed E-state index contributed by atoms with van der Waals surface area (Å²) in [5.74, 6) is 0.708. The monoisotopic (exact) mass is 469 g/mol. The first-order chi connectivity index (χ1) is 15.4. The average Bonchev–Trinajstić information content (AvgIpc) is 3.07. The second kappa shape index (κ2) is 11.5. The highest BCUT2D eigenvalue weighted by molar-refractivity contribution is 8.27. The van der Waals surface area contributed by atoms with Gasteiger partial charge in [0.25, 0.3) is 5.91 Å². The van der Waals surface area contributed by atoms with Gasteiger partial charge in [-0.15, -0.1) is 0 Å². The Kier molecular flexibility index (Phi) is 8.73. The van der Waals surface area contributed by atoms with E-state index in [0.29, 0.717) is 15.8 Å². The molecule has 0 aliphatic carbocycles. The quantitative estimate of drug-likeness (QED) is 0.268. The summed E-state index contributed by atoms with van der Waals surface area (Å²) in [7, 11) is 4.01. The third-order valence-corrected chi connectivity index (χ3v) is 6.68. The van der Waals surface area contributed by atoms with Crippen molar-refractivity contribution in [1.29, 1.82) is 0 Å². The third kappa shape index (κ3) is 6.12. The minimum Gasteiger partial charge on any atom is -0.494 e. The minimum atomic E-state index is -0.0930. The van der Waals surface area contributed by atoms with Crippen molar-refractivity contribution in [2.75, 3.05) is 50.1 Å². The Balaban J connectivity index is 1.61. The molecule has 1 fully saturated rings. The van der Waals surface area contributed by atoms with Crippen molar-refractivity contribution in [3.8, 4) is 5.75 Å². The molecular weight excluding hydrogens is 438 g/mol. The summed E-state index contributed by atoms with van der Waals surface area (Å²) in [5, 5.41) is 0. The highest BCUT2D eigenvalue weighted by atomic mass is 32.2. The molecular formula is C25H31N3O2S2. The van der Waals surface area contributed by atoms with Crippen LogP contribution in [-0.4, -0.2) is 55.5 Å². The lowest BCUT2D eigenvalue weighted by atomic mass is 10.2. The van der Waals surface area contributed by atoms with Crippen molar-refractivity contribution in [2.45, 2.75) is 20.3 Å². The van der Waals surface area contributed by atoms with E-state index in [-0.39, 0.29) is 5.91 Å². The molecule has 1 heterocycles. The number of ether oxygens (including phenoxy) is 1. The normalized spacial score (nSPS) is 15.2. The van der Waals surface area contributed by atoms with E-state index in [2.05, 4.69) is 18.7 Å². The van der Waals surface area contributed by atoms with Crippen LogP contribution in [-0.2, 0) is 4.79 Å². The smallest absolute Gasteiger partial charge is 0.270 e. The molecule has 0 radical (unpaired) electrons. The van der Waals surface area contributed by atoms with Crippen LogP contribution >= 0.6 is 24.0 Å². The highest BCUT2D eigenvalue weighted by Gasteiger charge is 2.33. The Morgan fingerprint density at radius 2 is 1.69 bits per heavy atom. The third-order valence-electron chi connectivity index (χ3n) is 5.38. The standard InChI is InChI=1S/C25H31N3O2S2/c1-5-27(6-2)16-7-17-30-22-14-12-21(13-15-22)28-24(29)23(32-25(28)31)18-19-8-10-20(11-9-19)26(3)4/h8-15,18H,5-7,16-17H2,1-4H3/b23-18-. The topological polar surface area (TPSA) is 36.0 Å². The molecule has 1 amide bonds. The van der Waals surface area contributed by atoms with Crippen LogP contribution in [0.5, 0.6) is 5.75 Å². The van der Waals surface area contributed by atoms with Gasteiger partial charge in [-0.1, -0.05) is 50.0 Å². The minimum absolute atomic E-state index is 0.0930. The van der Waals surface area contributed by atoms with E-state index in [9.17, 15) is 4.79 Å². The van der Waals surface area contributed by atoms with Gasteiger partial charge >= 0.3 is 0 Å².